The molecule has 0 spiro atoms. The van der Waals surface area contributed by atoms with Gasteiger partial charge in [0.15, 0.2) is 11.0 Å². The van der Waals surface area contributed by atoms with Gasteiger partial charge in [-0.2, -0.15) is 5.10 Å². The van der Waals surface area contributed by atoms with Crippen molar-refractivity contribution in [3.05, 3.63) is 134 Å². The molecule has 6 rings (SSSR count). The number of rotatable bonds is 10. The first-order valence-corrected chi connectivity index (χ1v) is 15.9. The first-order valence-electron chi connectivity index (χ1n) is 14.0. The average molecular weight is 638 g/mol. The first kappa shape index (κ1) is 29.9. The fourth-order valence-electron chi connectivity index (χ4n) is 4.91. The summed E-state index contributed by atoms with van der Waals surface area (Å²) < 4.78 is 1.80. The van der Waals surface area contributed by atoms with E-state index in [-0.39, 0.29) is 35.5 Å². The quantitative estimate of drug-likeness (QED) is 0.114. The Kier molecular flexibility index (Phi) is 8.80. The van der Waals surface area contributed by atoms with Crippen LogP contribution in [0.25, 0.3) is 5.69 Å². The van der Waals surface area contributed by atoms with E-state index in [9.17, 15) is 19.7 Å². The molecule has 2 amide bonds. The molecule has 1 N–H and O–H groups in total. The molecule has 3 aromatic carbocycles. The van der Waals surface area contributed by atoms with E-state index in [1.54, 1.807) is 20.9 Å². The molecule has 226 valence electrons. The highest BCUT2D eigenvalue weighted by Crippen LogP contribution is 2.35. The molecular formula is C32H27N7O4S2. The van der Waals surface area contributed by atoms with Gasteiger partial charge in [-0.3, -0.25) is 24.3 Å². The minimum Gasteiger partial charge on any atom is -0.345 e. The van der Waals surface area contributed by atoms with Crippen LogP contribution in [0.15, 0.2) is 107 Å². The van der Waals surface area contributed by atoms with Crippen LogP contribution in [-0.4, -0.2) is 48.0 Å². The SMILES string of the molecule is Cc1ccc(C2CC(c3cccs3)=NN2C(=O)CSc2nnc(CNC(=O)c3ccc([N+](=O)[O-])cc3)n2-c2ccccc2)cc1. The number of hydrogen-bond donors (Lipinski definition) is 1. The number of aromatic nitrogens is 3. The molecule has 1 atom stereocenters. The summed E-state index contributed by atoms with van der Waals surface area (Å²) in [5.41, 5.74) is 4.00. The minimum absolute atomic E-state index is 0.0440. The lowest BCUT2D eigenvalue weighted by molar-refractivity contribution is -0.384. The van der Waals surface area contributed by atoms with Gasteiger partial charge in [0.1, 0.15) is 0 Å². The maximum Gasteiger partial charge on any atom is 0.269 e. The number of aryl methyl sites for hydroxylation is 1. The van der Waals surface area contributed by atoms with Crippen LogP contribution in [0.1, 0.15) is 44.6 Å². The monoisotopic (exact) mass is 637 g/mol. The molecule has 13 heteroatoms. The van der Waals surface area contributed by atoms with E-state index in [0.717, 1.165) is 27.4 Å². The molecule has 11 nitrogen and oxygen atoms in total. The summed E-state index contributed by atoms with van der Waals surface area (Å²) in [6, 6.07) is 26.8. The van der Waals surface area contributed by atoms with Crippen molar-refractivity contribution < 1.29 is 14.5 Å². The van der Waals surface area contributed by atoms with E-state index < -0.39 is 10.8 Å². The topological polar surface area (TPSA) is 136 Å². The van der Waals surface area contributed by atoms with Crippen molar-refractivity contribution in [2.24, 2.45) is 5.10 Å². The Morgan fingerprint density at radius 3 is 2.44 bits per heavy atom. The normalized spacial score (nSPS) is 14.3. The minimum atomic E-state index is -0.518. The second kappa shape index (κ2) is 13.2. The summed E-state index contributed by atoms with van der Waals surface area (Å²) in [4.78, 5) is 38.0. The predicted molar refractivity (Wildman–Crippen MR) is 173 cm³/mol. The van der Waals surface area contributed by atoms with E-state index >= 15 is 0 Å². The summed E-state index contributed by atoms with van der Waals surface area (Å²) in [5, 5.41) is 31.3. The maximum atomic E-state index is 13.7. The zero-order valence-corrected chi connectivity index (χ0v) is 25.7. The number of nitro groups is 1. The van der Waals surface area contributed by atoms with Crippen LogP contribution in [0, 0.1) is 17.0 Å². The number of thioether (sulfide) groups is 1. The van der Waals surface area contributed by atoms with Gasteiger partial charge in [0.05, 0.1) is 33.9 Å². The van der Waals surface area contributed by atoms with E-state index in [2.05, 4.69) is 15.5 Å². The highest BCUT2D eigenvalue weighted by molar-refractivity contribution is 7.99. The Morgan fingerprint density at radius 1 is 1.00 bits per heavy atom. The number of non-ortho nitro benzene ring substituents is 1. The van der Waals surface area contributed by atoms with Crippen LogP contribution in [0.5, 0.6) is 0 Å². The fourth-order valence-corrected chi connectivity index (χ4v) is 6.46. The molecular weight excluding hydrogens is 611 g/mol. The number of nitro benzene ring substituents is 1. The number of carbonyl (C=O) groups excluding carboxylic acids is 2. The summed E-state index contributed by atoms with van der Waals surface area (Å²) in [5.74, 6) is -0.0349. The fraction of sp³-hybridized carbons (Fsp3) is 0.156. The van der Waals surface area contributed by atoms with Gasteiger partial charge in [-0.25, -0.2) is 5.01 Å². The van der Waals surface area contributed by atoms with Crippen molar-refractivity contribution in [1.29, 1.82) is 0 Å². The number of benzene rings is 3. The van der Waals surface area contributed by atoms with E-state index in [1.807, 2.05) is 79.0 Å². The molecule has 0 saturated heterocycles. The molecule has 0 fully saturated rings. The average Bonchev–Trinajstić information content (AvgIpc) is 3.84. The van der Waals surface area contributed by atoms with Crippen molar-refractivity contribution in [3.63, 3.8) is 0 Å². The van der Waals surface area contributed by atoms with Crippen LogP contribution >= 0.6 is 23.1 Å². The number of carbonyl (C=O) groups is 2. The molecule has 5 aromatic rings. The van der Waals surface area contributed by atoms with Gasteiger partial charge in [-0.15, -0.1) is 21.5 Å². The molecule has 1 unspecified atom stereocenters. The zero-order valence-electron chi connectivity index (χ0n) is 24.1. The standard InChI is InChI=1S/C32H27N7O4S2/c1-21-9-11-22(12-10-21)27-18-26(28-8-5-17-44-28)36-38(27)30(40)20-45-32-35-34-29(37(32)24-6-3-2-4-7-24)19-33-31(41)23-13-15-25(16-14-23)39(42)43/h2-17,27H,18-20H2,1H3,(H,33,41). The molecule has 0 saturated carbocycles. The molecule has 0 bridgehead atoms. The Labute approximate surface area is 266 Å². The largest absolute Gasteiger partial charge is 0.345 e. The van der Waals surface area contributed by atoms with E-state index in [4.69, 9.17) is 5.10 Å². The molecule has 45 heavy (non-hydrogen) atoms. The number of para-hydroxylation sites is 1. The number of hydrogen-bond acceptors (Lipinski definition) is 9. The smallest absolute Gasteiger partial charge is 0.269 e. The molecule has 1 aliphatic heterocycles. The molecule has 0 aliphatic carbocycles. The van der Waals surface area contributed by atoms with Crippen LogP contribution in [0.2, 0.25) is 0 Å². The highest BCUT2D eigenvalue weighted by atomic mass is 32.2. The molecule has 0 radical (unpaired) electrons. The van der Waals surface area contributed by atoms with Gasteiger partial charge < -0.3 is 5.32 Å². The van der Waals surface area contributed by atoms with E-state index in [0.29, 0.717) is 17.4 Å². The third-order valence-electron chi connectivity index (χ3n) is 7.22. The lowest BCUT2D eigenvalue weighted by atomic mass is 10.00. The van der Waals surface area contributed by atoms with Crippen molar-refractivity contribution in [2.45, 2.75) is 31.1 Å². The summed E-state index contributed by atoms with van der Waals surface area (Å²) in [6.07, 6.45) is 0.624. The van der Waals surface area contributed by atoms with Crippen molar-refractivity contribution >= 4 is 46.3 Å². The lowest BCUT2D eigenvalue weighted by Gasteiger charge is -2.22. The Bertz CT molecular complexity index is 1860. The van der Waals surface area contributed by atoms with Crippen molar-refractivity contribution in [1.82, 2.24) is 25.1 Å². The number of nitrogens with one attached hydrogen (secondary N) is 1. The third-order valence-corrected chi connectivity index (χ3v) is 9.05. The number of hydrazone groups is 1. The Morgan fingerprint density at radius 2 is 1.76 bits per heavy atom. The summed E-state index contributed by atoms with van der Waals surface area (Å²) in [7, 11) is 0. The van der Waals surface area contributed by atoms with Gasteiger partial charge >= 0.3 is 0 Å². The zero-order chi connectivity index (χ0) is 31.3. The molecule has 1 aliphatic rings. The number of amides is 2. The van der Waals surface area contributed by atoms with Crippen LogP contribution in [-0.2, 0) is 11.3 Å². The van der Waals surface area contributed by atoms with Gasteiger partial charge in [0.2, 0.25) is 0 Å². The van der Waals surface area contributed by atoms with Gasteiger partial charge in [0, 0.05) is 29.8 Å². The first-order chi connectivity index (χ1) is 21.9. The lowest BCUT2D eigenvalue weighted by Crippen LogP contribution is -2.28. The molecule has 3 heterocycles. The van der Waals surface area contributed by atoms with Gasteiger partial charge in [-0.05, 0) is 48.2 Å². The molecule has 2 aromatic heterocycles. The Balaban J connectivity index is 1.20. The third kappa shape index (κ3) is 6.69. The van der Waals surface area contributed by atoms with Crippen LogP contribution in [0.4, 0.5) is 5.69 Å². The van der Waals surface area contributed by atoms with Crippen molar-refractivity contribution in [3.8, 4) is 5.69 Å². The van der Waals surface area contributed by atoms with Crippen LogP contribution < -0.4 is 5.32 Å². The second-order valence-electron chi connectivity index (χ2n) is 10.2. The highest BCUT2D eigenvalue weighted by Gasteiger charge is 2.33. The maximum absolute atomic E-state index is 13.7. The summed E-state index contributed by atoms with van der Waals surface area (Å²) in [6.45, 7) is 2.08. The Hall–Kier alpha value is -5.14. The number of nitrogens with zero attached hydrogens (tertiary/aromatic N) is 6. The predicted octanol–water partition coefficient (Wildman–Crippen LogP) is 5.95. The summed E-state index contributed by atoms with van der Waals surface area (Å²) >= 11 is 2.85. The second-order valence-corrected chi connectivity index (χ2v) is 12.1. The van der Waals surface area contributed by atoms with E-state index in [1.165, 1.54) is 36.0 Å². The van der Waals surface area contributed by atoms with Crippen LogP contribution in [0.3, 0.4) is 0 Å². The van der Waals surface area contributed by atoms with Gasteiger partial charge in [-0.1, -0.05) is 65.9 Å². The number of thiophene rings is 1. The van der Waals surface area contributed by atoms with Crippen molar-refractivity contribution in [2.75, 3.05) is 5.75 Å². The van der Waals surface area contributed by atoms with Gasteiger partial charge in [0.25, 0.3) is 17.5 Å².